The molecule has 176 valence electrons. The highest BCUT2D eigenvalue weighted by molar-refractivity contribution is 8.00. The van der Waals surface area contributed by atoms with Crippen molar-refractivity contribution in [1.29, 1.82) is 0 Å². The molecule has 32 heavy (non-hydrogen) atoms. The minimum Gasteiger partial charge on any atom is -0.490 e. The number of aliphatic hydroxyl groups is 1. The molecule has 1 fully saturated rings. The molecule has 1 saturated carbocycles. The first-order chi connectivity index (χ1) is 15.5. The summed E-state index contributed by atoms with van der Waals surface area (Å²) in [6.07, 6.45) is 4.09. The Hall–Kier alpha value is -2.50. The number of carbonyl (C=O) groups is 1. The molecule has 1 aromatic heterocycles. The molecule has 1 heterocycles. The number of rotatable bonds is 13. The largest absolute Gasteiger partial charge is 0.490 e. The maximum atomic E-state index is 12.0. The molecular formula is C21H30N4O6S. The lowest BCUT2D eigenvalue weighted by Gasteiger charge is -2.28. The van der Waals surface area contributed by atoms with E-state index in [0.717, 1.165) is 35.9 Å². The molecule has 3 atom stereocenters. The lowest BCUT2D eigenvalue weighted by Crippen LogP contribution is -2.38. The van der Waals surface area contributed by atoms with Gasteiger partial charge in [-0.1, -0.05) is 18.9 Å². The van der Waals surface area contributed by atoms with E-state index in [-0.39, 0.29) is 23.5 Å². The number of carbonyl (C=O) groups excluding carboxylic acids is 1. The quantitative estimate of drug-likeness (QED) is 0.199. The number of ether oxygens (including phenoxy) is 1. The van der Waals surface area contributed by atoms with Crippen LogP contribution in [0, 0.1) is 10.1 Å². The summed E-state index contributed by atoms with van der Waals surface area (Å²) < 4.78 is 5.72. The van der Waals surface area contributed by atoms with Crippen LogP contribution < -0.4 is 15.4 Å². The molecule has 4 N–H and O–H groups in total. The summed E-state index contributed by atoms with van der Waals surface area (Å²) in [6.45, 7) is 1.44. The topological polar surface area (TPSA) is 139 Å². The lowest BCUT2D eigenvalue weighted by atomic mass is 9.97. The van der Waals surface area contributed by atoms with E-state index < -0.39 is 17.3 Å². The van der Waals surface area contributed by atoms with Gasteiger partial charge in [-0.2, -0.15) is 0 Å². The van der Waals surface area contributed by atoms with Crippen molar-refractivity contribution in [3.05, 3.63) is 40.6 Å². The Labute approximate surface area is 190 Å². The average molecular weight is 467 g/mol. The number of nitrogens with one attached hydrogen (secondary N) is 3. The fourth-order valence-electron chi connectivity index (χ4n) is 3.70. The number of nitrogens with zero attached hydrogens (tertiary/aromatic N) is 1. The monoisotopic (exact) mass is 466 g/mol. The van der Waals surface area contributed by atoms with E-state index in [9.17, 15) is 20.0 Å². The molecule has 1 aliphatic rings. The lowest BCUT2D eigenvalue weighted by molar-refractivity contribution is -0.768. The number of thioether (sulfide) groups is 1. The highest BCUT2D eigenvalue weighted by Crippen LogP contribution is 2.30. The van der Waals surface area contributed by atoms with E-state index in [1.54, 1.807) is 0 Å². The fourth-order valence-corrected chi connectivity index (χ4v) is 4.91. The molecule has 3 rings (SSSR count). The Balaban J connectivity index is 1.25. The van der Waals surface area contributed by atoms with Crippen LogP contribution in [0.4, 0.5) is 0 Å². The molecule has 0 saturated heterocycles. The smallest absolute Gasteiger partial charge is 0.294 e. The van der Waals surface area contributed by atoms with Crippen LogP contribution in [0.25, 0.3) is 10.9 Å². The number of fused-ring (bicyclic) bond motifs is 1. The second-order valence-corrected chi connectivity index (χ2v) is 8.94. The van der Waals surface area contributed by atoms with Crippen molar-refractivity contribution in [2.75, 3.05) is 32.0 Å². The zero-order valence-electron chi connectivity index (χ0n) is 17.8. The van der Waals surface area contributed by atoms with Crippen LogP contribution in [0.3, 0.4) is 0 Å². The van der Waals surface area contributed by atoms with Crippen LogP contribution in [0.5, 0.6) is 5.75 Å². The van der Waals surface area contributed by atoms with Crippen LogP contribution in [0.1, 0.15) is 25.7 Å². The summed E-state index contributed by atoms with van der Waals surface area (Å²) in [5.41, 5.74) is 0.980. The number of H-pyrrole nitrogens is 1. The van der Waals surface area contributed by atoms with Crippen molar-refractivity contribution in [3.63, 3.8) is 0 Å². The molecule has 11 heteroatoms. The first-order valence-corrected chi connectivity index (χ1v) is 11.8. The zero-order chi connectivity index (χ0) is 22.8. The van der Waals surface area contributed by atoms with Crippen LogP contribution >= 0.6 is 11.8 Å². The van der Waals surface area contributed by atoms with Gasteiger partial charge in [0.05, 0.1) is 5.75 Å². The summed E-state index contributed by atoms with van der Waals surface area (Å²) in [6, 6.07) is 7.65. The molecule has 1 unspecified atom stereocenters. The minimum absolute atomic E-state index is 0.0368. The molecule has 1 aliphatic carbocycles. The second kappa shape index (κ2) is 12.5. The molecule has 1 aromatic carbocycles. The highest BCUT2D eigenvalue weighted by Gasteiger charge is 2.29. The van der Waals surface area contributed by atoms with Crippen molar-refractivity contribution in [1.82, 2.24) is 15.6 Å². The summed E-state index contributed by atoms with van der Waals surface area (Å²) in [5.74, 6) is 0.839. The first kappa shape index (κ1) is 24.1. The second-order valence-electron chi connectivity index (χ2n) is 7.72. The average Bonchev–Trinajstić information content (AvgIpc) is 3.26. The summed E-state index contributed by atoms with van der Waals surface area (Å²) >= 11 is 1.41. The first-order valence-electron chi connectivity index (χ1n) is 10.8. The van der Waals surface area contributed by atoms with E-state index >= 15 is 0 Å². The summed E-state index contributed by atoms with van der Waals surface area (Å²) in [7, 11) is 0. The van der Waals surface area contributed by atoms with Gasteiger partial charge in [0.15, 0.2) is 0 Å². The number of amides is 1. The van der Waals surface area contributed by atoms with E-state index in [1.807, 2.05) is 30.5 Å². The maximum Gasteiger partial charge on any atom is 0.294 e. The van der Waals surface area contributed by atoms with Crippen LogP contribution in [-0.2, 0) is 9.63 Å². The van der Waals surface area contributed by atoms with Crippen molar-refractivity contribution < 1.29 is 24.6 Å². The van der Waals surface area contributed by atoms with Gasteiger partial charge in [0.25, 0.3) is 5.09 Å². The van der Waals surface area contributed by atoms with Crippen LogP contribution in [0.2, 0.25) is 0 Å². The Morgan fingerprint density at radius 2 is 2.16 bits per heavy atom. The standard InChI is InChI=1S/C21H30N4O6S/c26-15(13-30-18-6-3-4-17-16(18)8-9-23-17)12-22-10-11-24-21(27)14-32-20-7-2-1-5-19(20)31-25(28)29/h3-4,6,8-9,15,19-20,22-23,26H,1-2,5,7,10-14H2,(H,24,27)/t15?,19-,20-/m1/s1. The highest BCUT2D eigenvalue weighted by atomic mass is 32.2. The number of hydrogen-bond donors (Lipinski definition) is 4. The van der Waals surface area contributed by atoms with E-state index in [1.165, 1.54) is 11.8 Å². The molecule has 0 aliphatic heterocycles. The Kier molecular flexibility index (Phi) is 9.44. The van der Waals surface area contributed by atoms with Crippen molar-refractivity contribution in [2.45, 2.75) is 43.1 Å². The van der Waals surface area contributed by atoms with Crippen molar-refractivity contribution >= 4 is 28.6 Å². The molecule has 0 spiro atoms. The van der Waals surface area contributed by atoms with Gasteiger partial charge in [0, 0.05) is 42.0 Å². The van der Waals surface area contributed by atoms with Gasteiger partial charge in [-0.05, 0) is 31.0 Å². The van der Waals surface area contributed by atoms with E-state index in [4.69, 9.17) is 9.57 Å². The Bertz CT molecular complexity index is 879. The third-order valence-corrected chi connectivity index (χ3v) is 6.68. The van der Waals surface area contributed by atoms with Gasteiger partial charge in [-0.25, -0.2) is 0 Å². The van der Waals surface area contributed by atoms with Crippen LogP contribution in [0.15, 0.2) is 30.5 Å². The number of aromatic nitrogens is 1. The SMILES string of the molecule is O=C(CS[C@@H]1CCCC[C@H]1O[N+](=O)[O-])NCCNCC(O)COc1cccc2[nH]ccc12. The minimum atomic E-state index is -0.741. The van der Waals surface area contributed by atoms with Gasteiger partial charge < -0.3 is 30.3 Å². The Morgan fingerprint density at radius 3 is 3.00 bits per heavy atom. The van der Waals surface area contributed by atoms with Gasteiger partial charge >= 0.3 is 0 Å². The number of hydrogen-bond acceptors (Lipinski definition) is 8. The molecular weight excluding hydrogens is 436 g/mol. The maximum absolute atomic E-state index is 12.0. The summed E-state index contributed by atoms with van der Waals surface area (Å²) in [4.78, 5) is 30.5. The molecule has 2 aromatic rings. The van der Waals surface area contributed by atoms with Gasteiger partial charge in [-0.3, -0.25) is 4.79 Å². The predicted octanol–water partition coefficient (Wildman–Crippen LogP) is 1.87. The van der Waals surface area contributed by atoms with Crippen molar-refractivity contribution in [3.8, 4) is 5.75 Å². The third-order valence-electron chi connectivity index (χ3n) is 5.28. The normalized spacial score (nSPS) is 19.4. The fraction of sp³-hybridized carbons (Fsp3) is 0.571. The summed E-state index contributed by atoms with van der Waals surface area (Å²) in [5, 5.41) is 26.8. The number of aromatic amines is 1. The molecule has 0 bridgehead atoms. The van der Waals surface area contributed by atoms with Crippen molar-refractivity contribution in [2.24, 2.45) is 0 Å². The number of aliphatic hydroxyl groups excluding tert-OH is 1. The zero-order valence-corrected chi connectivity index (χ0v) is 18.6. The van der Waals surface area contributed by atoms with E-state index in [0.29, 0.717) is 26.1 Å². The molecule has 0 radical (unpaired) electrons. The predicted molar refractivity (Wildman–Crippen MR) is 122 cm³/mol. The van der Waals surface area contributed by atoms with Gasteiger partial charge in [0.2, 0.25) is 5.91 Å². The molecule has 10 nitrogen and oxygen atoms in total. The third kappa shape index (κ3) is 7.57. The van der Waals surface area contributed by atoms with E-state index in [2.05, 4.69) is 15.6 Å². The molecule has 1 amide bonds. The number of benzene rings is 1. The van der Waals surface area contributed by atoms with Gasteiger partial charge in [0.1, 0.15) is 24.6 Å². The van der Waals surface area contributed by atoms with Gasteiger partial charge in [-0.15, -0.1) is 21.9 Å². The Morgan fingerprint density at radius 1 is 1.31 bits per heavy atom. The van der Waals surface area contributed by atoms with Crippen LogP contribution in [-0.4, -0.2) is 70.5 Å².